The van der Waals surface area contributed by atoms with Crippen LogP contribution in [0.1, 0.15) is 40.4 Å². The van der Waals surface area contributed by atoms with Crippen LogP contribution in [-0.4, -0.2) is 28.9 Å². The van der Waals surface area contributed by atoms with E-state index >= 15 is 0 Å². The first-order chi connectivity index (χ1) is 11.1. The van der Waals surface area contributed by atoms with Crippen LogP contribution in [0.4, 0.5) is 8.78 Å². The van der Waals surface area contributed by atoms with Crippen molar-refractivity contribution in [3.63, 3.8) is 0 Å². The molecule has 4 nitrogen and oxygen atoms in total. The van der Waals surface area contributed by atoms with Gasteiger partial charge in [-0.2, -0.15) is 5.26 Å². The number of hydrogen-bond acceptors (Lipinski definition) is 2. The molecule has 6 heteroatoms. The molecule has 1 amide bonds. The number of aromatic nitrogens is 1. The molecule has 1 aliphatic heterocycles. The van der Waals surface area contributed by atoms with Crippen LogP contribution < -0.4 is 0 Å². The number of piperidine rings is 1. The summed E-state index contributed by atoms with van der Waals surface area (Å²) in [5.41, 5.74) is 1.04. The molecule has 0 saturated carbocycles. The van der Waals surface area contributed by atoms with Crippen molar-refractivity contribution in [2.45, 2.75) is 18.8 Å². The van der Waals surface area contributed by atoms with Gasteiger partial charge in [-0.25, -0.2) is 8.78 Å². The van der Waals surface area contributed by atoms with E-state index in [1.54, 1.807) is 4.90 Å². The number of nitrogens with zero attached hydrogens (tertiary/aromatic N) is 2. The molecule has 23 heavy (non-hydrogen) atoms. The zero-order valence-corrected chi connectivity index (χ0v) is 12.4. The number of nitrogens with one attached hydrogen (secondary N) is 1. The van der Waals surface area contributed by atoms with Gasteiger partial charge < -0.3 is 9.88 Å². The van der Waals surface area contributed by atoms with E-state index in [0.29, 0.717) is 36.3 Å². The summed E-state index contributed by atoms with van der Waals surface area (Å²) in [4.78, 5) is 16.8. The number of halogens is 2. The van der Waals surface area contributed by atoms with Gasteiger partial charge >= 0.3 is 0 Å². The Bertz CT molecular complexity index is 778. The lowest BCUT2D eigenvalue weighted by Gasteiger charge is -2.33. The summed E-state index contributed by atoms with van der Waals surface area (Å²) in [6, 6.07) is 6.85. The van der Waals surface area contributed by atoms with Crippen LogP contribution in [-0.2, 0) is 0 Å². The number of nitriles is 1. The molecule has 0 aliphatic carbocycles. The van der Waals surface area contributed by atoms with Crippen LogP contribution in [0.5, 0.6) is 0 Å². The first kappa shape index (κ1) is 15.2. The lowest BCUT2D eigenvalue weighted by Crippen LogP contribution is -2.39. The molecule has 0 unspecified atom stereocenters. The summed E-state index contributed by atoms with van der Waals surface area (Å²) in [7, 11) is 0. The Kier molecular flexibility index (Phi) is 4.11. The first-order valence-corrected chi connectivity index (χ1v) is 7.41. The molecule has 118 valence electrons. The average Bonchev–Trinajstić information content (AvgIpc) is 3.05. The van der Waals surface area contributed by atoms with Crippen molar-refractivity contribution in [2.75, 3.05) is 13.1 Å². The highest BCUT2D eigenvalue weighted by atomic mass is 19.1. The summed E-state index contributed by atoms with van der Waals surface area (Å²) in [6.45, 7) is 0.908. The fourth-order valence-corrected chi connectivity index (χ4v) is 3.01. The zero-order chi connectivity index (χ0) is 16.4. The minimum absolute atomic E-state index is 0.204. The second kappa shape index (κ2) is 6.21. The van der Waals surface area contributed by atoms with Gasteiger partial charge in [0.1, 0.15) is 23.4 Å². The van der Waals surface area contributed by atoms with Gasteiger partial charge in [-0.1, -0.05) is 0 Å². The lowest BCUT2D eigenvalue weighted by molar-refractivity contribution is 0.0706. The number of benzene rings is 1. The minimum atomic E-state index is -0.478. The number of likely N-dealkylation sites (tertiary alicyclic amines) is 1. The summed E-state index contributed by atoms with van der Waals surface area (Å²) in [5.74, 6) is -1.35. The van der Waals surface area contributed by atoms with Gasteiger partial charge in [0.25, 0.3) is 5.91 Å². The normalized spacial score (nSPS) is 17.8. The van der Waals surface area contributed by atoms with E-state index in [2.05, 4.69) is 4.98 Å². The molecule has 2 heterocycles. The Hall–Kier alpha value is -2.68. The highest BCUT2D eigenvalue weighted by molar-refractivity contribution is 5.94. The number of carbonyl (C=O) groups excluding carboxylic acids is 1. The number of rotatable bonds is 2. The molecule has 3 rings (SSSR count). The van der Waals surface area contributed by atoms with E-state index in [1.165, 1.54) is 18.3 Å². The van der Waals surface area contributed by atoms with E-state index in [4.69, 9.17) is 5.26 Å². The Morgan fingerprint density at radius 1 is 1.35 bits per heavy atom. The van der Waals surface area contributed by atoms with Gasteiger partial charge in [-0.3, -0.25) is 4.79 Å². The maximum absolute atomic E-state index is 13.9. The smallest absolute Gasteiger partial charge is 0.255 e. The highest BCUT2D eigenvalue weighted by Crippen LogP contribution is 2.30. The molecular weight excluding hydrogens is 300 g/mol. The molecule has 1 N–H and O–H groups in total. The van der Waals surface area contributed by atoms with Gasteiger partial charge in [0.15, 0.2) is 0 Å². The predicted octanol–water partition coefficient (Wildman–Crippen LogP) is 3.18. The average molecular weight is 315 g/mol. The number of amides is 1. The fraction of sp³-hybridized carbons (Fsp3) is 0.294. The second-order valence-electron chi connectivity index (χ2n) is 5.67. The number of aromatic amines is 1. The lowest BCUT2D eigenvalue weighted by atomic mass is 9.90. The molecule has 0 radical (unpaired) electrons. The van der Waals surface area contributed by atoms with E-state index in [1.807, 2.05) is 6.07 Å². The SMILES string of the molecule is N#Cc1cc(C(=O)N2CCC[C@@H](c3cc(F)ccc3F)C2)c[nH]1. The Labute approximate surface area is 132 Å². The van der Waals surface area contributed by atoms with Crippen molar-refractivity contribution in [2.24, 2.45) is 0 Å². The molecule has 1 saturated heterocycles. The summed E-state index contributed by atoms with van der Waals surface area (Å²) < 4.78 is 27.3. The summed E-state index contributed by atoms with van der Waals surface area (Å²) >= 11 is 0. The molecule has 0 spiro atoms. The largest absolute Gasteiger partial charge is 0.352 e. The van der Waals surface area contributed by atoms with Crippen molar-refractivity contribution in [3.8, 4) is 6.07 Å². The number of carbonyl (C=O) groups is 1. The van der Waals surface area contributed by atoms with E-state index in [0.717, 1.165) is 18.6 Å². The van der Waals surface area contributed by atoms with Crippen LogP contribution in [0.2, 0.25) is 0 Å². The van der Waals surface area contributed by atoms with Gasteiger partial charge in [0, 0.05) is 25.2 Å². The van der Waals surface area contributed by atoms with Crippen molar-refractivity contribution in [3.05, 3.63) is 58.9 Å². The minimum Gasteiger partial charge on any atom is -0.352 e. The van der Waals surface area contributed by atoms with Crippen LogP contribution in [0.25, 0.3) is 0 Å². The standard InChI is InChI=1S/C17H15F2N3O/c18-13-3-4-16(19)15(7-13)11-2-1-5-22(10-11)17(23)12-6-14(8-20)21-9-12/h3-4,6-7,9,11,21H,1-2,5,10H2/t11-/m1/s1. The van der Waals surface area contributed by atoms with E-state index in [-0.39, 0.29) is 11.8 Å². The molecule has 1 aromatic heterocycles. The van der Waals surface area contributed by atoms with Crippen LogP contribution in [0.15, 0.2) is 30.5 Å². The van der Waals surface area contributed by atoms with Gasteiger partial charge in [-0.05, 0) is 42.7 Å². The third-order valence-corrected chi connectivity index (χ3v) is 4.16. The highest BCUT2D eigenvalue weighted by Gasteiger charge is 2.27. The summed E-state index contributed by atoms with van der Waals surface area (Å²) in [6.07, 6.45) is 2.93. The van der Waals surface area contributed by atoms with Gasteiger partial charge in [-0.15, -0.1) is 0 Å². The predicted molar refractivity (Wildman–Crippen MR) is 79.7 cm³/mol. The first-order valence-electron chi connectivity index (χ1n) is 7.41. The van der Waals surface area contributed by atoms with Gasteiger partial charge in [0.2, 0.25) is 0 Å². The Morgan fingerprint density at radius 3 is 2.91 bits per heavy atom. The van der Waals surface area contributed by atoms with Crippen LogP contribution >= 0.6 is 0 Å². The van der Waals surface area contributed by atoms with E-state index in [9.17, 15) is 13.6 Å². The fourth-order valence-electron chi connectivity index (χ4n) is 3.01. The van der Waals surface area contributed by atoms with Crippen LogP contribution in [0, 0.1) is 23.0 Å². The molecule has 1 aliphatic rings. The third kappa shape index (κ3) is 3.09. The number of H-pyrrole nitrogens is 1. The topological polar surface area (TPSA) is 59.9 Å². The third-order valence-electron chi connectivity index (χ3n) is 4.16. The Balaban J connectivity index is 1.79. The van der Waals surface area contributed by atoms with Crippen molar-refractivity contribution >= 4 is 5.91 Å². The van der Waals surface area contributed by atoms with Crippen molar-refractivity contribution < 1.29 is 13.6 Å². The molecule has 2 aromatic rings. The maximum atomic E-state index is 13.9. The molecule has 0 bridgehead atoms. The van der Waals surface area contributed by atoms with E-state index < -0.39 is 11.6 Å². The monoisotopic (exact) mass is 315 g/mol. The zero-order valence-electron chi connectivity index (χ0n) is 12.4. The molecule has 1 aromatic carbocycles. The number of hydrogen-bond donors (Lipinski definition) is 1. The molecule has 1 fully saturated rings. The van der Waals surface area contributed by atoms with Crippen LogP contribution in [0.3, 0.4) is 0 Å². The quantitative estimate of drug-likeness (QED) is 0.925. The molecule has 1 atom stereocenters. The second-order valence-corrected chi connectivity index (χ2v) is 5.67. The Morgan fingerprint density at radius 2 is 2.17 bits per heavy atom. The van der Waals surface area contributed by atoms with Gasteiger partial charge in [0.05, 0.1) is 5.56 Å². The van der Waals surface area contributed by atoms with Crippen molar-refractivity contribution in [1.82, 2.24) is 9.88 Å². The molecular formula is C17H15F2N3O. The maximum Gasteiger partial charge on any atom is 0.255 e. The summed E-state index contributed by atoms with van der Waals surface area (Å²) in [5, 5.41) is 8.81. The van der Waals surface area contributed by atoms with Crippen molar-refractivity contribution in [1.29, 1.82) is 5.26 Å².